The zero-order valence-corrected chi connectivity index (χ0v) is 13.8. The van der Waals surface area contributed by atoms with E-state index in [1.807, 2.05) is 0 Å². The van der Waals surface area contributed by atoms with Gasteiger partial charge in [0.25, 0.3) is 0 Å². The molecule has 10 heteroatoms. The molecule has 2 aliphatic rings. The summed E-state index contributed by atoms with van der Waals surface area (Å²) in [6.45, 7) is 0.392. The van der Waals surface area contributed by atoms with Crippen molar-refractivity contribution >= 4 is 22.6 Å². The number of pyridine rings is 1. The van der Waals surface area contributed by atoms with Crippen LogP contribution in [0.15, 0.2) is 17.1 Å². The first kappa shape index (κ1) is 16.6. The minimum Gasteiger partial charge on any atom is -0.477 e. The second-order valence-electron chi connectivity index (χ2n) is 6.52. The average molecular weight is 364 g/mol. The molecule has 4 rings (SSSR count). The number of carboxylic acids is 1. The molecule has 1 saturated heterocycles. The zero-order chi connectivity index (χ0) is 18.7. The van der Waals surface area contributed by atoms with E-state index in [-0.39, 0.29) is 42.2 Å². The van der Waals surface area contributed by atoms with Crippen molar-refractivity contribution in [2.75, 3.05) is 36.8 Å². The Labute approximate surface area is 146 Å². The molecule has 1 fully saturated rings. The first-order chi connectivity index (χ1) is 12.3. The highest BCUT2D eigenvalue weighted by Crippen LogP contribution is 2.41. The molecular weight excluding hydrogens is 347 g/mol. The van der Waals surface area contributed by atoms with Crippen molar-refractivity contribution in [3.05, 3.63) is 33.9 Å². The van der Waals surface area contributed by atoms with Gasteiger partial charge in [-0.15, -0.1) is 0 Å². The molecule has 0 bridgehead atoms. The first-order valence-electron chi connectivity index (χ1n) is 7.97. The van der Waals surface area contributed by atoms with Gasteiger partial charge in [0, 0.05) is 32.4 Å². The lowest BCUT2D eigenvalue weighted by Crippen LogP contribution is -2.40. The van der Waals surface area contributed by atoms with Crippen LogP contribution in [0.4, 0.5) is 10.1 Å². The Morgan fingerprint density at radius 2 is 2.15 bits per heavy atom. The van der Waals surface area contributed by atoms with Gasteiger partial charge in [-0.05, 0) is 6.07 Å². The molecule has 1 aromatic carbocycles. The van der Waals surface area contributed by atoms with Crippen molar-refractivity contribution in [1.82, 2.24) is 4.68 Å². The molecule has 0 saturated carbocycles. The Morgan fingerprint density at radius 3 is 2.77 bits per heavy atom. The third kappa shape index (κ3) is 2.22. The SMILES string of the molecule is CN1COc2c(N3CC(N)C(O)C3)c(F)cc3c(=O)c(C(=O)O)cn1c23. The summed E-state index contributed by atoms with van der Waals surface area (Å²) in [6.07, 6.45) is 0.394. The smallest absolute Gasteiger partial charge is 0.341 e. The van der Waals surface area contributed by atoms with Gasteiger partial charge in [0.2, 0.25) is 5.43 Å². The number of ether oxygens (including phenoxy) is 1. The van der Waals surface area contributed by atoms with Gasteiger partial charge in [0.1, 0.15) is 16.8 Å². The van der Waals surface area contributed by atoms with Crippen molar-refractivity contribution in [2.24, 2.45) is 5.73 Å². The van der Waals surface area contributed by atoms with E-state index in [2.05, 4.69) is 0 Å². The minimum absolute atomic E-state index is 0.0307. The highest BCUT2D eigenvalue weighted by Gasteiger charge is 2.35. The van der Waals surface area contributed by atoms with Gasteiger partial charge in [-0.1, -0.05) is 0 Å². The summed E-state index contributed by atoms with van der Waals surface area (Å²) in [6, 6.07) is 0.484. The third-order valence-electron chi connectivity index (χ3n) is 4.80. The number of benzene rings is 1. The van der Waals surface area contributed by atoms with E-state index in [0.717, 1.165) is 6.07 Å². The van der Waals surface area contributed by atoms with Gasteiger partial charge in [-0.25, -0.2) is 9.18 Å². The van der Waals surface area contributed by atoms with E-state index in [0.29, 0.717) is 0 Å². The molecular formula is C16H17FN4O5. The molecule has 9 nitrogen and oxygen atoms in total. The predicted octanol–water partition coefficient (Wildman–Crippen LogP) is -0.735. The van der Waals surface area contributed by atoms with Crippen LogP contribution in [0, 0.1) is 5.82 Å². The number of rotatable bonds is 2. The lowest BCUT2D eigenvalue weighted by molar-refractivity contribution is 0.0694. The molecule has 2 aliphatic heterocycles. The van der Waals surface area contributed by atoms with Crippen LogP contribution < -0.4 is 25.8 Å². The van der Waals surface area contributed by atoms with Crippen molar-refractivity contribution in [2.45, 2.75) is 12.1 Å². The van der Waals surface area contributed by atoms with Gasteiger partial charge in [-0.3, -0.25) is 14.5 Å². The number of carbonyl (C=O) groups is 1. The summed E-state index contributed by atoms with van der Waals surface area (Å²) < 4.78 is 22.0. The van der Waals surface area contributed by atoms with Crippen LogP contribution in [0.1, 0.15) is 10.4 Å². The van der Waals surface area contributed by atoms with E-state index in [9.17, 15) is 24.2 Å². The zero-order valence-electron chi connectivity index (χ0n) is 13.8. The number of nitrogens with two attached hydrogens (primary N) is 1. The van der Waals surface area contributed by atoms with Crippen LogP contribution in [0.25, 0.3) is 10.9 Å². The van der Waals surface area contributed by atoms with Crippen LogP contribution in [-0.2, 0) is 0 Å². The van der Waals surface area contributed by atoms with Crippen LogP contribution in [0.2, 0.25) is 0 Å². The van der Waals surface area contributed by atoms with Crippen molar-refractivity contribution in [3.8, 4) is 5.75 Å². The van der Waals surface area contributed by atoms with Crippen molar-refractivity contribution < 1.29 is 24.1 Å². The predicted molar refractivity (Wildman–Crippen MR) is 91.0 cm³/mol. The van der Waals surface area contributed by atoms with E-state index in [1.165, 1.54) is 10.9 Å². The molecule has 138 valence electrons. The Balaban J connectivity index is 2.04. The summed E-state index contributed by atoms with van der Waals surface area (Å²) in [5.41, 5.74) is 4.96. The number of anilines is 1. The first-order valence-corrected chi connectivity index (χ1v) is 7.97. The molecule has 2 unspecified atom stereocenters. The monoisotopic (exact) mass is 364 g/mol. The lowest BCUT2D eigenvalue weighted by atomic mass is 10.1. The number of aliphatic hydroxyl groups excluding tert-OH is 1. The molecule has 0 spiro atoms. The summed E-state index contributed by atoms with van der Waals surface area (Å²) >= 11 is 0. The summed E-state index contributed by atoms with van der Waals surface area (Å²) in [5.74, 6) is -1.99. The molecule has 26 heavy (non-hydrogen) atoms. The van der Waals surface area contributed by atoms with Crippen LogP contribution >= 0.6 is 0 Å². The molecule has 0 amide bonds. The maximum atomic E-state index is 14.9. The summed E-state index contributed by atoms with van der Waals surface area (Å²) in [4.78, 5) is 25.4. The highest BCUT2D eigenvalue weighted by atomic mass is 19.1. The van der Waals surface area contributed by atoms with Crippen molar-refractivity contribution in [1.29, 1.82) is 0 Å². The fourth-order valence-corrected chi connectivity index (χ4v) is 3.47. The standard InChI is InChI=1S/C16H17FN4O5/c1-19-6-26-15-12-7(14(23)8(16(24)25)3-21(12)19)2-9(17)13(15)20-4-10(18)11(22)5-20/h2-3,10-11,22H,4-6,18H2,1H3,(H,24,25). The van der Waals surface area contributed by atoms with Gasteiger partial charge < -0.3 is 25.6 Å². The Hall–Kier alpha value is -2.85. The van der Waals surface area contributed by atoms with Crippen LogP contribution in [0.3, 0.4) is 0 Å². The number of β-amino-alcohol motifs (C(OH)–C–C–N with tert-alkyl or cyclic N) is 1. The second kappa shape index (κ2) is 5.58. The fraction of sp³-hybridized carbons (Fsp3) is 0.375. The average Bonchev–Trinajstić information content (AvgIpc) is 2.90. The molecule has 2 aromatic rings. The fourth-order valence-electron chi connectivity index (χ4n) is 3.47. The number of nitrogens with zero attached hydrogens (tertiary/aromatic N) is 3. The second-order valence-corrected chi connectivity index (χ2v) is 6.52. The number of halogens is 1. The van der Waals surface area contributed by atoms with Crippen LogP contribution in [-0.4, -0.2) is 59.9 Å². The molecule has 0 radical (unpaired) electrons. The maximum absolute atomic E-state index is 14.9. The van der Waals surface area contributed by atoms with E-state index < -0.39 is 34.9 Å². The Morgan fingerprint density at radius 1 is 1.42 bits per heavy atom. The number of aromatic nitrogens is 1. The maximum Gasteiger partial charge on any atom is 0.341 e. The number of hydrogen-bond acceptors (Lipinski definition) is 7. The number of hydrogen-bond donors (Lipinski definition) is 3. The van der Waals surface area contributed by atoms with Gasteiger partial charge >= 0.3 is 5.97 Å². The summed E-state index contributed by atoms with van der Waals surface area (Å²) in [5, 5.41) is 20.6. The van der Waals surface area contributed by atoms with Gasteiger partial charge in [0.15, 0.2) is 18.3 Å². The van der Waals surface area contributed by atoms with E-state index >= 15 is 0 Å². The quantitative estimate of drug-likeness (QED) is 0.637. The minimum atomic E-state index is -1.39. The number of carboxylic acid groups (broad SMARTS) is 1. The van der Waals surface area contributed by atoms with Crippen molar-refractivity contribution in [3.63, 3.8) is 0 Å². The van der Waals surface area contributed by atoms with E-state index in [1.54, 1.807) is 17.0 Å². The largest absolute Gasteiger partial charge is 0.477 e. The van der Waals surface area contributed by atoms with E-state index in [4.69, 9.17) is 10.5 Å². The lowest BCUT2D eigenvalue weighted by Gasteiger charge is -2.33. The number of aromatic carboxylic acids is 1. The molecule has 1 aromatic heterocycles. The third-order valence-corrected chi connectivity index (χ3v) is 4.80. The highest BCUT2D eigenvalue weighted by molar-refractivity contribution is 5.97. The number of aliphatic hydroxyl groups is 1. The van der Waals surface area contributed by atoms with Gasteiger partial charge in [-0.2, -0.15) is 0 Å². The molecule has 0 aliphatic carbocycles. The van der Waals surface area contributed by atoms with Crippen LogP contribution in [0.5, 0.6) is 5.75 Å². The normalized spacial score (nSPS) is 22.0. The molecule has 2 atom stereocenters. The molecule has 3 heterocycles. The Bertz CT molecular complexity index is 981. The Kier molecular flexibility index (Phi) is 3.56. The molecule has 4 N–H and O–H groups in total. The van der Waals surface area contributed by atoms with Gasteiger partial charge in [0.05, 0.1) is 11.5 Å². The summed E-state index contributed by atoms with van der Waals surface area (Å²) in [7, 11) is 1.65. The topological polar surface area (TPSA) is 121 Å².